The second-order valence-corrected chi connectivity index (χ2v) is 5.80. The lowest BCUT2D eigenvalue weighted by atomic mass is 9.83. The Morgan fingerprint density at radius 1 is 1.37 bits per heavy atom. The van der Waals surface area contributed by atoms with Gasteiger partial charge in [0.2, 0.25) is 5.91 Å². The van der Waals surface area contributed by atoms with E-state index in [1.165, 1.54) is 0 Å². The Balaban J connectivity index is 0.00000180. The third kappa shape index (κ3) is 3.85. The van der Waals surface area contributed by atoms with Gasteiger partial charge in [0.15, 0.2) is 0 Å². The molecule has 19 heavy (non-hydrogen) atoms. The first-order chi connectivity index (χ1) is 8.50. The number of hydrogen-bond donors (Lipinski definition) is 2. The molecule has 1 aliphatic heterocycles. The van der Waals surface area contributed by atoms with Gasteiger partial charge < -0.3 is 10.6 Å². The summed E-state index contributed by atoms with van der Waals surface area (Å²) in [6, 6.07) is 7.46. The van der Waals surface area contributed by atoms with Gasteiger partial charge in [0.25, 0.3) is 0 Å². The molecule has 1 saturated heterocycles. The Morgan fingerprint density at radius 2 is 1.95 bits per heavy atom. The first-order valence-corrected chi connectivity index (χ1v) is 6.63. The highest BCUT2D eigenvalue weighted by atomic mass is 35.5. The van der Waals surface area contributed by atoms with E-state index in [9.17, 15) is 4.79 Å². The lowest BCUT2D eigenvalue weighted by Crippen LogP contribution is -2.50. The SMILES string of the molecule is CC(C)(C(=O)NCC1CNC1)c1ccc(Cl)cc1.Cl. The fourth-order valence-corrected chi connectivity index (χ4v) is 2.07. The standard InChI is InChI=1S/C14H19ClN2O.ClH/c1-14(2,11-3-5-12(15)6-4-11)13(18)17-9-10-7-16-8-10;/h3-6,10,16H,7-9H2,1-2H3,(H,17,18);1H. The molecule has 0 aromatic heterocycles. The Bertz CT molecular complexity index is 428. The molecule has 0 radical (unpaired) electrons. The number of nitrogens with one attached hydrogen (secondary N) is 2. The largest absolute Gasteiger partial charge is 0.355 e. The molecule has 0 unspecified atom stereocenters. The van der Waals surface area contributed by atoms with Crippen molar-refractivity contribution in [1.29, 1.82) is 0 Å². The molecule has 1 fully saturated rings. The Hall–Kier alpha value is -0.770. The number of carbonyl (C=O) groups is 1. The number of amides is 1. The Morgan fingerprint density at radius 3 is 2.42 bits per heavy atom. The third-order valence-electron chi connectivity index (χ3n) is 3.55. The average molecular weight is 303 g/mol. The van der Waals surface area contributed by atoms with Crippen molar-refractivity contribution in [1.82, 2.24) is 10.6 Å². The molecule has 3 nitrogen and oxygen atoms in total. The second-order valence-electron chi connectivity index (χ2n) is 5.37. The van der Waals surface area contributed by atoms with Crippen LogP contribution in [0.4, 0.5) is 0 Å². The van der Waals surface area contributed by atoms with Gasteiger partial charge in [-0.15, -0.1) is 12.4 Å². The van der Waals surface area contributed by atoms with Crippen molar-refractivity contribution in [2.24, 2.45) is 5.92 Å². The number of rotatable bonds is 4. The molecule has 1 aromatic rings. The van der Waals surface area contributed by atoms with E-state index >= 15 is 0 Å². The average Bonchev–Trinajstić information content (AvgIpc) is 2.27. The van der Waals surface area contributed by atoms with Crippen LogP contribution in [0.1, 0.15) is 19.4 Å². The van der Waals surface area contributed by atoms with Crippen molar-refractivity contribution in [2.45, 2.75) is 19.3 Å². The fraction of sp³-hybridized carbons (Fsp3) is 0.500. The van der Waals surface area contributed by atoms with Gasteiger partial charge >= 0.3 is 0 Å². The predicted octanol–water partition coefficient (Wildman–Crippen LogP) is 2.38. The summed E-state index contributed by atoms with van der Waals surface area (Å²) in [6.45, 7) is 6.63. The van der Waals surface area contributed by atoms with E-state index in [-0.39, 0.29) is 18.3 Å². The number of halogens is 2. The molecule has 0 spiro atoms. The first kappa shape index (κ1) is 16.3. The van der Waals surface area contributed by atoms with E-state index in [2.05, 4.69) is 10.6 Å². The minimum Gasteiger partial charge on any atom is -0.355 e. The highest BCUT2D eigenvalue weighted by Gasteiger charge is 2.30. The molecule has 0 aliphatic carbocycles. The van der Waals surface area contributed by atoms with Crippen LogP contribution in [0.3, 0.4) is 0 Å². The van der Waals surface area contributed by atoms with E-state index < -0.39 is 5.41 Å². The molecule has 0 bridgehead atoms. The monoisotopic (exact) mass is 302 g/mol. The van der Waals surface area contributed by atoms with E-state index in [0.717, 1.165) is 25.2 Å². The molecule has 1 aromatic carbocycles. The summed E-state index contributed by atoms with van der Waals surface area (Å²) in [5.74, 6) is 0.645. The zero-order valence-corrected chi connectivity index (χ0v) is 12.8. The van der Waals surface area contributed by atoms with Crippen LogP contribution < -0.4 is 10.6 Å². The van der Waals surface area contributed by atoms with Gasteiger partial charge in [-0.1, -0.05) is 23.7 Å². The Labute approximate surface area is 125 Å². The van der Waals surface area contributed by atoms with Crippen LogP contribution >= 0.6 is 24.0 Å². The summed E-state index contributed by atoms with van der Waals surface area (Å²) in [6.07, 6.45) is 0. The van der Waals surface area contributed by atoms with Crippen LogP contribution in [0.25, 0.3) is 0 Å². The quantitative estimate of drug-likeness (QED) is 0.896. The molecule has 1 amide bonds. The summed E-state index contributed by atoms with van der Waals surface area (Å²) in [4.78, 5) is 12.2. The van der Waals surface area contributed by atoms with Crippen molar-refractivity contribution in [3.8, 4) is 0 Å². The van der Waals surface area contributed by atoms with Gasteiger partial charge in [0, 0.05) is 30.6 Å². The number of benzene rings is 1. The maximum Gasteiger partial charge on any atom is 0.230 e. The molecule has 1 heterocycles. The summed E-state index contributed by atoms with van der Waals surface area (Å²) in [7, 11) is 0. The second kappa shape index (κ2) is 6.60. The lowest BCUT2D eigenvalue weighted by molar-refractivity contribution is -0.125. The van der Waals surface area contributed by atoms with Crippen molar-refractivity contribution < 1.29 is 4.79 Å². The zero-order chi connectivity index (χ0) is 13.2. The van der Waals surface area contributed by atoms with Gasteiger partial charge in [-0.3, -0.25) is 4.79 Å². The summed E-state index contributed by atoms with van der Waals surface area (Å²) >= 11 is 5.86. The van der Waals surface area contributed by atoms with E-state index in [4.69, 9.17) is 11.6 Å². The van der Waals surface area contributed by atoms with Gasteiger partial charge in [-0.25, -0.2) is 0 Å². The van der Waals surface area contributed by atoms with Gasteiger partial charge in [-0.05, 0) is 31.5 Å². The fourth-order valence-electron chi connectivity index (χ4n) is 1.95. The molecule has 0 saturated carbocycles. The van der Waals surface area contributed by atoms with Gasteiger partial charge in [0.05, 0.1) is 5.41 Å². The highest BCUT2D eigenvalue weighted by molar-refractivity contribution is 6.30. The normalized spacial score (nSPS) is 15.3. The third-order valence-corrected chi connectivity index (χ3v) is 3.80. The highest BCUT2D eigenvalue weighted by Crippen LogP contribution is 2.24. The molecule has 5 heteroatoms. The van der Waals surface area contributed by atoms with Crippen LogP contribution in [-0.4, -0.2) is 25.5 Å². The number of carbonyl (C=O) groups excluding carboxylic acids is 1. The maximum atomic E-state index is 12.2. The minimum atomic E-state index is -0.526. The van der Waals surface area contributed by atoms with Crippen LogP contribution in [0.5, 0.6) is 0 Å². The van der Waals surface area contributed by atoms with Crippen molar-refractivity contribution in [3.63, 3.8) is 0 Å². The van der Waals surface area contributed by atoms with Crippen LogP contribution in [0.2, 0.25) is 5.02 Å². The summed E-state index contributed by atoms with van der Waals surface area (Å²) in [5.41, 5.74) is 0.457. The van der Waals surface area contributed by atoms with Crippen molar-refractivity contribution in [2.75, 3.05) is 19.6 Å². The van der Waals surface area contributed by atoms with Crippen LogP contribution in [-0.2, 0) is 10.2 Å². The van der Waals surface area contributed by atoms with Crippen LogP contribution in [0.15, 0.2) is 24.3 Å². The van der Waals surface area contributed by atoms with Crippen molar-refractivity contribution >= 4 is 29.9 Å². The molecule has 2 rings (SSSR count). The van der Waals surface area contributed by atoms with E-state index in [1.807, 2.05) is 38.1 Å². The van der Waals surface area contributed by atoms with Crippen molar-refractivity contribution in [3.05, 3.63) is 34.9 Å². The van der Waals surface area contributed by atoms with Gasteiger partial charge in [0.1, 0.15) is 0 Å². The summed E-state index contributed by atoms with van der Waals surface area (Å²) < 4.78 is 0. The molecule has 0 atom stereocenters. The van der Waals surface area contributed by atoms with Crippen LogP contribution in [0, 0.1) is 5.92 Å². The molecule has 1 aliphatic rings. The van der Waals surface area contributed by atoms with E-state index in [1.54, 1.807) is 0 Å². The van der Waals surface area contributed by atoms with Gasteiger partial charge in [-0.2, -0.15) is 0 Å². The molecule has 106 valence electrons. The smallest absolute Gasteiger partial charge is 0.230 e. The molecular formula is C14H20Cl2N2O. The summed E-state index contributed by atoms with van der Waals surface area (Å²) in [5, 5.41) is 6.91. The zero-order valence-electron chi connectivity index (χ0n) is 11.2. The minimum absolute atomic E-state index is 0. The number of hydrogen-bond acceptors (Lipinski definition) is 2. The predicted molar refractivity (Wildman–Crippen MR) is 81.1 cm³/mol. The first-order valence-electron chi connectivity index (χ1n) is 6.25. The maximum absolute atomic E-state index is 12.2. The molecule has 2 N–H and O–H groups in total. The topological polar surface area (TPSA) is 41.1 Å². The van der Waals surface area contributed by atoms with E-state index in [0.29, 0.717) is 10.9 Å². The lowest BCUT2D eigenvalue weighted by Gasteiger charge is -2.30. The molecular weight excluding hydrogens is 283 g/mol. The Kier molecular flexibility index (Phi) is 5.65.